The second-order valence-electron chi connectivity index (χ2n) is 12.9. The fourth-order valence-electron chi connectivity index (χ4n) is 5.37. The molecule has 2 saturated heterocycles. The maximum atomic E-state index is 13.4. The summed E-state index contributed by atoms with van der Waals surface area (Å²) in [5.41, 5.74) is 0.854. The van der Waals surface area contributed by atoms with Crippen LogP contribution >= 0.6 is 0 Å². The Bertz CT molecular complexity index is 1510. The van der Waals surface area contributed by atoms with E-state index in [1.807, 2.05) is 12.1 Å². The third-order valence-electron chi connectivity index (χ3n) is 7.95. The number of hydrogen-bond donors (Lipinski definition) is 3. The van der Waals surface area contributed by atoms with Crippen LogP contribution in [0.3, 0.4) is 0 Å². The molecule has 2 aliphatic rings. The van der Waals surface area contributed by atoms with E-state index in [-0.39, 0.29) is 64.7 Å². The lowest BCUT2D eigenvalue weighted by Crippen LogP contribution is -2.70. The SMILES string of the molecule is CNC(=O)C1[C@@H](CCCN=C(NC(=O)OCc2ccccc2)NC(=O)OCc2ccccc2)C(=O)N1C(=O)N1CCN(C(=O)OC(C)(C)C)CC1. The number of amides is 7. The molecule has 2 fully saturated rings. The van der Waals surface area contributed by atoms with E-state index in [0.717, 1.165) is 16.0 Å². The van der Waals surface area contributed by atoms with Crippen LogP contribution in [0, 0.1) is 5.92 Å². The number of carbonyl (C=O) groups is 6. The van der Waals surface area contributed by atoms with Crippen LogP contribution in [-0.4, -0.2) is 108 Å². The average molecular weight is 708 g/mol. The summed E-state index contributed by atoms with van der Waals surface area (Å²) in [5, 5.41) is 7.35. The van der Waals surface area contributed by atoms with Crippen molar-refractivity contribution in [3.8, 4) is 0 Å². The van der Waals surface area contributed by atoms with E-state index in [1.54, 1.807) is 69.3 Å². The van der Waals surface area contributed by atoms with Crippen molar-refractivity contribution >= 4 is 42.1 Å². The first-order valence-corrected chi connectivity index (χ1v) is 16.7. The molecule has 0 saturated carbocycles. The molecule has 2 atom stereocenters. The number of likely N-dealkylation sites (tertiary alicyclic amines) is 1. The predicted molar refractivity (Wildman–Crippen MR) is 184 cm³/mol. The van der Waals surface area contributed by atoms with E-state index >= 15 is 0 Å². The third kappa shape index (κ3) is 11.2. The number of piperazine rings is 1. The lowest BCUT2D eigenvalue weighted by Gasteiger charge is -2.47. The van der Waals surface area contributed by atoms with Crippen molar-refractivity contribution in [3.63, 3.8) is 0 Å². The summed E-state index contributed by atoms with van der Waals surface area (Å²) in [7, 11) is 1.42. The number of nitrogens with one attached hydrogen (secondary N) is 3. The van der Waals surface area contributed by atoms with Gasteiger partial charge in [0.15, 0.2) is 0 Å². The number of nitrogens with zero attached hydrogens (tertiary/aromatic N) is 4. The van der Waals surface area contributed by atoms with Gasteiger partial charge in [0.1, 0.15) is 24.9 Å². The number of carbonyl (C=O) groups excluding carboxylic acids is 6. The van der Waals surface area contributed by atoms with E-state index in [9.17, 15) is 28.8 Å². The molecule has 0 radical (unpaired) electrons. The number of ether oxygens (including phenoxy) is 3. The highest BCUT2D eigenvalue weighted by Crippen LogP contribution is 2.32. The number of β-lactam (4-membered cyclic amide) rings is 1. The van der Waals surface area contributed by atoms with Gasteiger partial charge in [0.25, 0.3) is 0 Å². The first-order valence-electron chi connectivity index (χ1n) is 16.7. The fourth-order valence-corrected chi connectivity index (χ4v) is 5.37. The van der Waals surface area contributed by atoms with Crippen molar-refractivity contribution in [3.05, 3.63) is 71.8 Å². The first kappa shape index (κ1) is 38.1. The Morgan fingerprint density at radius 1 is 0.804 bits per heavy atom. The normalized spacial score (nSPS) is 17.0. The van der Waals surface area contributed by atoms with Gasteiger partial charge < -0.3 is 29.3 Å². The predicted octanol–water partition coefficient (Wildman–Crippen LogP) is 3.22. The van der Waals surface area contributed by atoms with Crippen LogP contribution in [0.2, 0.25) is 0 Å². The monoisotopic (exact) mass is 707 g/mol. The molecule has 2 aromatic carbocycles. The molecule has 0 aliphatic carbocycles. The van der Waals surface area contributed by atoms with Gasteiger partial charge in [-0.15, -0.1) is 0 Å². The summed E-state index contributed by atoms with van der Waals surface area (Å²) >= 11 is 0. The minimum atomic E-state index is -1.03. The molecule has 274 valence electrons. The number of guanidine groups is 1. The highest BCUT2D eigenvalue weighted by atomic mass is 16.6. The number of aliphatic imine (C=N–C) groups is 1. The van der Waals surface area contributed by atoms with Gasteiger partial charge >= 0.3 is 24.3 Å². The average Bonchev–Trinajstić information content (AvgIpc) is 3.11. The molecule has 0 aromatic heterocycles. The Hall–Kier alpha value is -5.67. The molecule has 2 aliphatic heterocycles. The summed E-state index contributed by atoms with van der Waals surface area (Å²) in [6.07, 6.45) is -1.75. The largest absolute Gasteiger partial charge is 0.444 e. The second kappa shape index (κ2) is 17.8. The van der Waals surface area contributed by atoms with Crippen LogP contribution in [0.5, 0.6) is 0 Å². The molecular formula is C35H45N7O9. The lowest BCUT2D eigenvalue weighted by molar-refractivity contribution is -0.158. The third-order valence-corrected chi connectivity index (χ3v) is 7.95. The van der Waals surface area contributed by atoms with E-state index in [1.165, 1.54) is 16.8 Å². The van der Waals surface area contributed by atoms with Gasteiger partial charge in [-0.1, -0.05) is 60.7 Å². The summed E-state index contributed by atoms with van der Waals surface area (Å²) in [5.74, 6) is -2.01. The molecule has 1 unspecified atom stereocenters. The van der Waals surface area contributed by atoms with Crippen LogP contribution in [0.4, 0.5) is 19.2 Å². The molecule has 0 spiro atoms. The Morgan fingerprint density at radius 3 is 1.80 bits per heavy atom. The van der Waals surface area contributed by atoms with Crippen molar-refractivity contribution in [2.75, 3.05) is 39.8 Å². The number of rotatable bonds is 9. The summed E-state index contributed by atoms with van der Waals surface area (Å²) in [4.78, 5) is 85.1. The van der Waals surface area contributed by atoms with Crippen molar-refractivity contribution < 1.29 is 43.0 Å². The molecule has 51 heavy (non-hydrogen) atoms. The van der Waals surface area contributed by atoms with Crippen LogP contribution in [0.15, 0.2) is 65.7 Å². The number of hydrogen-bond acceptors (Lipinski definition) is 10. The van der Waals surface area contributed by atoms with Crippen LogP contribution in [0.1, 0.15) is 44.7 Å². The highest BCUT2D eigenvalue weighted by molar-refractivity contribution is 6.09. The zero-order chi connectivity index (χ0) is 37.0. The van der Waals surface area contributed by atoms with E-state index in [4.69, 9.17) is 14.2 Å². The zero-order valence-corrected chi connectivity index (χ0v) is 29.3. The van der Waals surface area contributed by atoms with Crippen molar-refractivity contribution in [1.82, 2.24) is 30.7 Å². The number of imide groups is 1. The Labute approximate surface area is 296 Å². The second-order valence-corrected chi connectivity index (χ2v) is 12.9. The molecular weight excluding hydrogens is 662 g/mol. The van der Waals surface area contributed by atoms with Crippen molar-refractivity contribution in [2.24, 2.45) is 10.9 Å². The molecule has 16 nitrogen and oxygen atoms in total. The van der Waals surface area contributed by atoms with Crippen LogP contribution < -0.4 is 16.0 Å². The van der Waals surface area contributed by atoms with Gasteiger partial charge in [-0.05, 0) is 44.7 Å². The highest BCUT2D eigenvalue weighted by Gasteiger charge is 2.54. The Balaban J connectivity index is 1.33. The van der Waals surface area contributed by atoms with E-state index in [0.29, 0.717) is 0 Å². The molecule has 2 heterocycles. The van der Waals surface area contributed by atoms with Gasteiger partial charge in [0.05, 0.1) is 5.92 Å². The number of alkyl carbamates (subject to hydrolysis) is 2. The van der Waals surface area contributed by atoms with Crippen LogP contribution in [-0.2, 0) is 37.0 Å². The van der Waals surface area contributed by atoms with Gasteiger partial charge in [0.2, 0.25) is 17.8 Å². The summed E-state index contributed by atoms with van der Waals surface area (Å²) in [6, 6.07) is 16.4. The van der Waals surface area contributed by atoms with E-state index < -0.39 is 53.7 Å². The van der Waals surface area contributed by atoms with Gasteiger partial charge in [-0.2, -0.15) is 0 Å². The topological polar surface area (TPSA) is 188 Å². The zero-order valence-electron chi connectivity index (χ0n) is 29.3. The van der Waals surface area contributed by atoms with Crippen molar-refractivity contribution in [2.45, 2.75) is 58.5 Å². The first-order chi connectivity index (χ1) is 24.4. The van der Waals surface area contributed by atoms with Gasteiger partial charge in [0, 0.05) is 39.8 Å². The molecule has 3 N–H and O–H groups in total. The van der Waals surface area contributed by atoms with Gasteiger partial charge in [-0.25, -0.2) is 19.2 Å². The minimum Gasteiger partial charge on any atom is -0.444 e. The Morgan fingerprint density at radius 2 is 1.31 bits per heavy atom. The summed E-state index contributed by atoms with van der Waals surface area (Å²) in [6.45, 7) is 6.10. The maximum absolute atomic E-state index is 13.4. The van der Waals surface area contributed by atoms with Crippen LogP contribution in [0.25, 0.3) is 0 Å². The molecule has 0 bridgehead atoms. The number of benzene rings is 2. The van der Waals surface area contributed by atoms with Gasteiger partial charge in [-0.3, -0.25) is 30.1 Å². The summed E-state index contributed by atoms with van der Waals surface area (Å²) < 4.78 is 15.9. The number of urea groups is 1. The fraction of sp³-hybridized carbons (Fsp3) is 0.457. The molecule has 4 rings (SSSR count). The quantitative estimate of drug-likeness (QED) is 0.116. The van der Waals surface area contributed by atoms with E-state index in [2.05, 4.69) is 20.9 Å². The van der Waals surface area contributed by atoms with Crippen molar-refractivity contribution in [1.29, 1.82) is 0 Å². The standard InChI is InChI=1S/C35H45N7O9/c1-35(2,3)51-34(48)41-20-18-40(19-21-41)33(47)42-27(28(43)36-4)26(29(42)44)16-11-17-37-30(38-31(45)49-22-24-12-7-5-8-13-24)39-32(46)50-23-25-14-9-6-10-15-25/h5-10,12-15,26-27H,11,16-23H2,1-4H3,(H,36,43)(H2,37,38,39,45,46)/t26-,27?/m1/s1. The smallest absolute Gasteiger partial charge is 0.414 e. The molecule has 16 heteroatoms. The minimum absolute atomic E-state index is 0.0161. The number of likely N-dealkylation sites (N-methyl/N-ethyl adjacent to an activating group) is 1. The molecule has 2 aromatic rings. The lowest BCUT2D eigenvalue weighted by atomic mass is 9.83. The maximum Gasteiger partial charge on any atom is 0.414 e. The Kier molecular flexibility index (Phi) is 13.3. The molecule has 7 amide bonds.